The van der Waals surface area contributed by atoms with Crippen LogP contribution >= 0.6 is 0 Å². The number of para-hydroxylation sites is 3. The van der Waals surface area contributed by atoms with Crippen LogP contribution in [-0.2, 0) is 54.1 Å². The van der Waals surface area contributed by atoms with Crippen LogP contribution in [-0.4, -0.2) is 35.2 Å². The van der Waals surface area contributed by atoms with Crippen LogP contribution in [0.15, 0.2) is 328 Å². The van der Waals surface area contributed by atoms with Crippen molar-refractivity contribution in [1.82, 2.24) is 0 Å². The maximum Gasteiger partial charge on any atom is 0.0526 e. The fourth-order valence-corrected chi connectivity index (χ4v) is 22.6. The number of hydrogen-bond acceptors (Lipinski definition) is 5. The minimum Gasteiger partial charge on any atom is -0.344 e. The van der Waals surface area contributed by atoms with Gasteiger partial charge in [-0.2, -0.15) is 0 Å². The zero-order chi connectivity index (χ0) is 111. The standard InChI is InChI=1S/2C27H27N.3C23H25N.10C2H6/c1-26(2)22-16-14-19-11-7-9-13-21(19)25(22)28(5)23-17-15-18-10-6-8-12-20(18)24(23)27(26,3)4;1-26(2)22-15-14-18-10-8-9-13-21(18)25(22)28(5)24-17-20-12-7-6-11-19(20)16-23(24)27(26,3)4;1-22(2)18-12-8-9-13-20(18)24(5)21-15-17-11-7-6-10-16(17)14-19(21)23(22,3)4;1-22(2)18-12-8-9-13-20(18)24(5)21-17-11-7-6-10-16(17)14-15-19(21)23(22,3)4;1-22(2)18-12-8-9-13-19(18)24(5)20-15-14-16-10-6-7-11-17(16)21(20)23(22,3)4;10*1-2/h2*6-17H,1-5H3;3*6-15H,1-5H3;10*1-2H3. The van der Waals surface area contributed by atoms with E-state index in [1.54, 1.807) is 0 Å². The van der Waals surface area contributed by atoms with E-state index in [1.807, 2.05) is 138 Å². The maximum atomic E-state index is 2.43. The molecule has 5 heterocycles. The molecule has 0 unspecified atom stereocenters. The lowest BCUT2D eigenvalue weighted by atomic mass is 9.60. The van der Waals surface area contributed by atoms with Crippen molar-refractivity contribution >= 4 is 132 Å². The monoisotopic (exact) mass is 1980 g/mol. The topological polar surface area (TPSA) is 16.2 Å². The summed E-state index contributed by atoms with van der Waals surface area (Å²) in [6.07, 6.45) is 0. The van der Waals surface area contributed by atoms with Gasteiger partial charge >= 0.3 is 0 Å². The Morgan fingerprint density at radius 1 is 0.128 bits per heavy atom. The molecular weight excluding hydrogens is 1790 g/mol. The van der Waals surface area contributed by atoms with Crippen LogP contribution in [0, 0.1) is 0 Å². The second-order valence-electron chi connectivity index (χ2n) is 42.4. The first kappa shape index (κ1) is 121. The molecule has 0 atom stereocenters. The van der Waals surface area contributed by atoms with E-state index in [9.17, 15) is 0 Å². The largest absolute Gasteiger partial charge is 0.344 e. The highest BCUT2D eigenvalue weighted by Gasteiger charge is 2.52. The molecule has 0 amide bonds. The van der Waals surface area contributed by atoms with E-state index >= 15 is 0 Å². The third-order valence-electron chi connectivity index (χ3n) is 33.9. The lowest BCUT2D eigenvalue weighted by Crippen LogP contribution is -2.39. The molecule has 0 spiro atoms. The molecule has 0 fully saturated rings. The molecule has 17 aromatic rings. The Labute approximate surface area is 900 Å². The normalized spacial score (nSPS) is 15.7. The van der Waals surface area contributed by atoms with E-state index in [0.717, 1.165) is 0 Å². The van der Waals surface area contributed by atoms with Crippen molar-refractivity contribution < 1.29 is 0 Å². The highest BCUT2D eigenvalue weighted by atomic mass is 15.1. The van der Waals surface area contributed by atoms with Crippen molar-refractivity contribution in [3.05, 3.63) is 383 Å². The van der Waals surface area contributed by atoms with Crippen LogP contribution in [0.3, 0.4) is 0 Å². The van der Waals surface area contributed by atoms with Gasteiger partial charge in [0.1, 0.15) is 0 Å². The van der Waals surface area contributed by atoms with Gasteiger partial charge in [0.15, 0.2) is 0 Å². The summed E-state index contributed by atoms with van der Waals surface area (Å²) >= 11 is 0. The molecule has 0 bridgehead atoms. The average molecular weight is 1980 g/mol. The van der Waals surface area contributed by atoms with Gasteiger partial charge in [0.25, 0.3) is 0 Å². The smallest absolute Gasteiger partial charge is 0.0526 e. The van der Waals surface area contributed by atoms with E-state index in [-0.39, 0.29) is 54.1 Å². The van der Waals surface area contributed by atoms with Crippen LogP contribution < -0.4 is 24.5 Å². The molecule has 0 saturated heterocycles. The Morgan fingerprint density at radius 2 is 0.304 bits per heavy atom. The Kier molecular flexibility index (Phi) is 41.0. The van der Waals surface area contributed by atoms with Gasteiger partial charge in [-0.1, -0.05) is 550 Å². The molecule has 0 aromatic heterocycles. The molecule has 5 nitrogen and oxygen atoms in total. The third-order valence-corrected chi connectivity index (χ3v) is 33.9. The summed E-state index contributed by atoms with van der Waals surface area (Å²) in [6, 6.07) is 120. The molecule has 5 heteroatoms. The predicted octanol–water partition coefficient (Wildman–Crippen LogP) is 43.5. The van der Waals surface area contributed by atoms with Gasteiger partial charge in [-0.15, -0.1) is 0 Å². The first-order chi connectivity index (χ1) is 70.7. The Morgan fingerprint density at radius 3 is 0.601 bits per heavy atom. The number of fused-ring (bicyclic) bond motifs is 22. The lowest BCUT2D eigenvalue weighted by Gasteiger charge is -2.42. The molecule has 786 valence electrons. The summed E-state index contributed by atoms with van der Waals surface area (Å²) in [5.74, 6) is 0. The molecule has 0 aliphatic carbocycles. The number of nitrogens with zero attached hydrogens (tertiary/aromatic N) is 5. The molecule has 5 aliphatic rings. The second kappa shape index (κ2) is 50.2. The SMILES string of the molecule is CC.CC.CC.CC.CC.CC.CC.CC.CC.CC.CN1c2cc3ccccc3cc2C(C)(C)C(C)(C)c2ccc3ccccc3c21.CN1c2ccc3ccccc3c2C(C)(C)C(C)(C)c2ccc3ccccc3c21.CN1c2ccccc2C(C)(C)C(C)(C)c2c1ccc1ccccc21.CN1c2ccccc2C(C)(C)C(C)(C)c2cc3ccccc3cc21.CN1c2ccccc2C(C)(C)C(C)(C)c2ccc3ccccc3c21. The maximum absolute atomic E-state index is 2.43. The Bertz CT molecular complexity index is 7150. The van der Waals surface area contributed by atoms with Crippen molar-refractivity contribution in [2.75, 3.05) is 59.7 Å². The summed E-state index contributed by atoms with van der Waals surface area (Å²) in [5.41, 5.74) is 27.5. The van der Waals surface area contributed by atoms with Crippen molar-refractivity contribution in [3.63, 3.8) is 0 Å². The minimum atomic E-state index is -0.0365. The zero-order valence-corrected chi connectivity index (χ0v) is 100. The Balaban J connectivity index is 0.000000216. The molecule has 0 radical (unpaired) electrons. The van der Waals surface area contributed by atoms with Gasteiger partial charge in [-0.3, -0.25) is 0 Å². The number of anilines is 10. The van der Waals surface area contributed by atoms with Crippen LogP contribution in [0.1, 0.15) is 333 Å². The van der Waals surface area contributed by atoms with Crippen molar-refractivity contribution in [2.24, 2.45) is 0 Å². The Hall–Kier alpha value is -12.4. The lowest BCUT2D eigenvalue weighted by molar-refractivity contribution is 0.307. The molecular formula is C143H189N5. The summed E-state index contributed by atoms with van der Waals surface area (Å²) in [5, 5.41) is 18.5. The fourth-order valence-electron chi connectivity index (χ4n) is 22.6. The molecule has 0 saturated carbocycles. The van der Waals surface area contributed by atoms with Gasteiger partial charge in [0.05, 0.1) is 17.1 Å². The van der Waals surface area contributed by atoms with E-state index in [2.05, 4.69) is 526 Å². The van der Waals surface area contributed by atoms with E-state index in [4.69, 9.17) is 0 Å². The zero-order valence-electron chi connectivity index (χ0n) is 100. The first-order valence-electron chi connectivity index (χ1n) is 56.4. The molecule has 17 aromatic carbocycles. The molecule has 148 heavy (non-hydrogen) atoms. The second-order valence-corrected chi connectivity index (χ2v) is 42.4. The quantitative estimate of drug-likeness (QED) is 0.150. The van der Waals surface area contributed by atoms with Crippen LogP contribution in [0.25, 0.3) is 75.4 Å². The van der Waals surface area contributed by atoms with Crippen LogP contribution in [0.4, 0.5) is 56.9 Å². The van der Waals surface area contributed by atoms with Crippen molar-refractivity contribution in [2.45, 2.75) is 331 Å². The predicted molar refractivity (Wildman–Crippen MR) is 671 cm³/mol. The summed E-state index contributed by atoms with van der Waals surface area (Å²) < 4.78 is 0. The van der Waals surface area contributed by atoms with Crippen LogP contribution in [0.2, 0.25) is 0 Å². The van der Waals surface area contributed by atoms with E-state index < -0.39 is 0 Å². The van der Waals surface area contributed by atoms with E-state index in [0.29, 0.717) is 0 Å². The average Bonchev–Trinajstić information content (AvgIpc) is 1.55. The summed E-state index contributed by atoms with van der Waals surface area (Å²) in [7, 11) is 11.1. The van der Waals surface area contributed by atoms with Gasteiger partial charge in [0.2, 0.25) is 0 Å². The third kappa shape index (κ3) is 21.3. The fraction of sp³-hybridized carbons (Fsp3) is 0.385. The van der Waals surface area contributed by atoms with Crippen molar-refractivity contribution in [1.29, 1.82) is 0 Å². The van der Waals surface area contributed by atoms with Crippen molar-refractivity contribution in [3.8, 4) is 0 Å². The van der Waals surface area contributed by atoms with Gasteiger partial charge in [-0.05, 0) is 169 Å². The van der Waals surface area contributed by atoms with Gasteiger partial charge in [0, 0.05) is 145 Å². The first-order valence-corrected chi connectivity index (χ1v) is 56.4. The summed E-state index contributed by atoms with van der Waals surface area (Å²) in [6.45, 7) is 87.9. The number of benzene rings is 17. The highest BCUT2D eigenvalue weighted by Crippen LogP contribution is 2.62. The molecule has 5 aliphatic heterocycles. The number of hydrogen-bond donors (Lipinski definition) is 0. The van der Waals surface area contributed by atoms with Gasteiger partial charge in [-0.25, -0.2) is 0 Å². The van der Waals surface area contributed by atoms with Gasteiger partial charge < -0.3 is 24.5 Å². The van der Waals surface area contributed by atoms with E-state index in [1.165, 1.54) is 188 Å². The summed E-state index contributed by atoms with van der Waals surface area (Å²) in [4.78, 5) is 12.0. The number of rotatable bonds is 0. The van der Waals surface area contributed by atoms with Crippen LogP contribution in [0.5, 0.6) is 0 Å². The highest BCUT2D eigenvalue weighted by molar-refractivity contribution is 6.05. The molecule has 0 N–H and O–H groups in total. The molecule has 22 rings (SSSR count). The minimum absolute atomic E-state index is 0.00403.